The zero-order valence-electron chi connectivity index (χ0n) is 15.9. The smallest absolute Gasteiger partial charge is 0.410 e. The fraction of sp³-hybridized carbons (Fsp3) is 0.882. The van der Waals surface area contributed by atoms with Crippen LogP contribution in [0.15, 0.2) is 4.99 Å². The van der Waals surface area contributed by atoms with Crippen molar-refractivity contribution in [1.82, 2.24) is 10.2 Å². The Morgan fingerprint density at radius 2 is 1.92 bits per heavy atom. The predicted octanol–water partition coefficient (Wildman–Crippen LogP) is 3.35. The van der Waals surface area contributed by atoms with Crippen LogP contribution in [0.25, 0.3) is 0 Å². The number of halogens is 1. The van der Waals surface area contributed by atoms with Crippen molar-refractivity contribution in [2.45, 2.75) is 65.9 Å². The van der Waals surface area contributed by atoms with Crippen molar-refractivity contribution >= 4 is 36.0 Å². The SMILES string of the molecule is CCCCNC(N)=NCC1(C)CCN(C(=O)OC(C)(C)C)CC1.I. The van der Waals surface area contributed by atoms with Gasteiger partial charge in [0.25, 0.3) is 0 Å². The lowest BCUT2D eigenvalue weighted by Gasteiger charge is -2.38. The molecule has 0 saturated carbocycles. The number of nitrogens with zero attached hydrogens (tertiary/aromatic N) is 2. The lowest BCUT2D eigenvalue weighted by molar-refractivity contribution is 0.0127. The molecule has 0 bridgehead atoms. The fourth-order valence-corrected chi connectivity index (χ4v) is 2.44. The molecule has 1 aliphatic rings. The number of amides is 1. The Balaban J connectivity index is 0.00000529. The predicted molar refractivity (Wildman–Crippen MR) is 110 cm³/mol. The van der Waals surface area contributed by atoms with Gasteiger partial charge in [-0.25, -0.2) is 4.79 Å². The maximum absolute atomic E-state index is 12.1. The summed E-state index contributed by atoms with van der Waals surface area (Å²) < 4.78 is 5.43. The summed E-state index contributed by atoms with van der Waals surface area (Å²) in [5.41, 5.74) is 5.54. The van der Waals surface area contributed by atoms with E-state index in [2.05, 4.69) is 24.2 Å². The number of nitrogens with two attached hydrogens (primary N) is 1. The normalized spacial score (nSPS) is 17.9. The van der Waals surface area contributed by atoms with E-state index < -0.39 is 5.60 Å². The maximum Gasteiger partial charge on any atom is 0.410 e. The number of guanidine groups is 1. The second-order valence-electron chi connectivity index (χ2n) is 7.76. The molecule has 0 atom stereocenters. The van der Waals surface area contributed by atoms with Crippen LogP contribution in [0.4, 0.5) is 4.79 Å². The molecule has 1 rings (SSSR count). The van der Waals surface area contributed by atoms with E-state index in [0.29, 0.717) is 25.6 Å². The summed E-state index contributed by atoms with van der Waals surface area (Å²) in [7, 11) is 0. The van der Waals surface area contributed by atoms with Gasteiger partial charge in [-0.3, -0.25) is 4.99 Å². The summed E-state index contributed by atoms with van der Waals surface area (Å²) in [6.07, 6.45) is 3.84. The first-order valence-electron chi connectivity index (χ1n) is 8.67. The Kier molecular flexibility index (Phi) is 9.99. The van der Waals surface area contributed by atoms with Gasteiger partial charge in [-0.05, 0) is 45.4 Å². The zero-order chi connectivity index (χ0) is 17.5. The number of hydrogen-bond donors (Lipinski definition) is 2. The minimum absolute atomic E-state index is 0. The summed E-state index contributed by atoms with van der Waals surface area (Å²) in [5, 5.41) is 3.14. The molecule has 7 heteroatoms. The Morgan fingerprint density at radius 3 is 2.42 bits per heavy atom. The highest BCUT2D eigenvalue weighted by Crippen LogP contribution is 2.31. The van der Waals surface area contributed by atoms with E-state index >= 15 is 0 Å². The summed E-state index contributed by atoms with van der Waals surface area (Å²) in [6, 6.07) is 0. The molecule has 6 nitrogen and oxygen atoms in total. The van der Waals surface area contributed by atoms with E-state index in [0.717, 1.165) is 32.2 Å². The number of rotatable bonds is 5. The number of carbonyl (C=O) groups excluding carboxylic acids is 1. The number of hydrogen-bond acceptors (Lipinski definition) is 3. The van der Waals surface area contributed by atoms with Crippen LogP contribution in [-0.4, -0.2) is 48.7 Å². The van der Waals surface area contributed by atoms with Crippen LogP contribution in [0.5, 0.6) is 0 Å². The quantitative estimate of drug-likeness (QED) is 0.289. The van der Waals surface area contributed by atoms with Crippen LogP contribution >= 0.6 is 24.0 Å². The van der Waals surface area contributed by atoms with Crippen molar-refractivity contribution in [3.63, 3.8) is 0 Å². The molecular weight excluding hydrogens is 419 g/mol. The first-order valence-corrected chi connectivity index (χ1v) is 8.67. The van der Waals surface area contributed by atoms with Gasteiger partial charge in [-0.15, -0.1) is 24.0 Å². The van der Waals surface area contributed by atoms with Crippen LogP contribution in [0.2, 0.25) is 0 Å². The van der Waals surface area contributed by atoms with Gasteiger partial charge in [-0.1, -0.05) is 20.3 Å². The molecule has 0 radical (unpaired) electrons. The topological polar surface area (TPSA) is 80.0 Å². The molecule has 0 aliphatic carbocycles. The van der Waals surface area contributed by atoms with E-state index in [-0.39, 0.29) is 35.5 Å². The third-order valence-corrected chi connectivity index (χ3v) is 4.09. The standard InChI is InChI=1S/C17H34N4O2.HI/c1-6-7-10-19-14(18)20-13-17(5)8-11-21(12-9-17)15(22)23-16(2,3)4;/h6-13H2,1-5H3,(H3,18,19,20);1H. The average molecular weight is 454 g/mol. The number of likely N-dealkylation sites (tertiary alicyclic amines) is 1. The largest absolute Gasteiger partial charge is 0.444 e. The van der Waals surface area contributed by atoms with Crippen molar-refractivity contribution in [3.05, 3.63) is 0 Å². The average Bonchev–Trinajstić information content (AvgIpc) is 2.44. The summed E-state index contributed by atoms with van der Waals surface area (Å²) in [5.74, 6) is 0.522. The number of aliphatic imine (C=N–C) groups is 1. The van der Waals surface area contributed by atoms with Crippen LogP contribution < -0.4 is 11.1 Å². The number of ether oxygens (including phenoxy) is 1. The molecular formula is C17H35IN4O2. The van der Waals surface area contributed by atoms with E-state index in [1.165, 1.54) is 0 Å². The van der Waals surface area contributed by atoms with E-state index in [9.17, 15) is 4.79 Å². The molecule has 1 amide bonds. The molecule has 1 heterocycles. The van der Waals surface area contributed by atoms with Gasteiger partial charge in [0.15, 0.2) is 5.96 Å². The summed E-state index contributed by atoms with van der Waals surface area (Å²) in [4.78, 5) is 18.3. The van der Waals surface area contributed by atoms with Crippen LogP contribution in [0.3, 0.4) is 0 Å². The molecule has 0 spiro atoms. The van der Waals surface area contributed by atoms with Crippen LogP contribution in [0, 0.1) is 5.41 Å². The van der Waals surface area contributed by atoms with Crippen molar-refractivity contribution < 1.29 is 9.53 Å². The first-order chi connectivity index (χ1) is 10.7. The molecule has 0 aromatic heterocycles. The highest BCUT2D eigenvalue weighted by molar-refractivity contribution is 14.0. The molecule has 0 aromatic rings. The Labute approximate surface area is 164 Å². The highest BCUT2D eigenvalue weighted by Gasteiger charge is 2.33. The molecule has 1 saturated heterocycles. The summed E-state index contributed by atoms with van der Waals surface area (Å²) in [6.45, 7) is 13.0. The number of nitrogens with one attached hydrogen (secondary N) is 1. The monoisotopic (exact) mass is 454 g/mol. The third kappa shape index (κ3) is 8.94. The fourth-order valence-electron chi connectivity index (χ4n) is 2.44. The highest BCUT2D eigenvalue weighted by atomic mass is 127. The van der Waals surface area contributed by atoms with Gasteiger partial charge >= 0.3 is 6.09 Å². The minimum Gasteiger partial charge on any atom is -0.444 e. The van der Waals surface area contributed by atoms with Gasteiger partial charge in [0.05, 0.1) is 0 Å². The zero-order valence-corrected chi connectivity index (χ0v) is 18.2. The third-order valence-electron chi connectivity index (χ3n) is 4.09. The van der Waals surface area contributed by atoms with Gasteiger partial charge in [-0.2, -0.15) is 0 Å². The second-order valence-corrected chi connectivity index (χ2v) is 7.76. The van der Waals surface area contributed by atoms with Crippen molar-refractivity contribution in [3.8, 4) is 0 Å². The van der Waals surface area contributed by atoms with Crippen molar-refractivity contribution in [2.75, 3.05) is 26.2 Å². The first kappa shape index (κ1) is 23.3. The van der Waals surface area contributed by atoms with Crippen molar-refractivity contribution in [1.29, 1.82) is 0 Å². The number of carbonyl (C=O) groups is 1. The van der Waals surface area contributed by atoms with E-state index in [1.807, 2.05) is 20.8 Å². The Morgan fingerprint density at radius 1 is 1.33 bits per heavy atom. The number of piperidine rings is 1. The second kappa shape index (κ2) is 10.3. The Hall–Kier alpha value is -0.730. The molecule has 142 valence electrons. The van der Waals surface area contributed by atoms with Gasteiger partial charge in [0.2, 0.25) is 0 Å². The lowest BCUT2D eigenvalue weighted by atomic mass is 9.80. The van der Waals surface area contributed by atoms with Gasteiger partial charge < -0.3 is 20.7 Å². The van der Waals surface area contributed by atoms with Crippen LogP contribution in [-0.2, 0) is 4.74 Å². The minimum atomic E-state index is -0.444. The van der Waals surface area contributed by atoms with Gasteiger partial charge in [0, 0.05) is 26.2 Å². The molecule has 1 aliphatic heterocycles. The molecule has 24 heavy (non-hydrogen) atoms. The molecule has 1 fully saturated rings. The maximum atomic E-state index is 12.1. The summed E-state index contributed by atoms with van der Waals surface area (Å²) >= 11 is 0. The lowest BCUT2D eigenvalue weighted by Crippen LogP contribution is -2.45. The van der Waals surface area contributed by atoms with E-state index in [4.69, 9.17) is 10.5 Å². The number of unbranched alkanes of at least 4 members (excludes halogenated alkanes) is 1. The molecule has 0 unspecified atom stereocenters. The van der Waals surface area contributed by atoms with Crippen LogP contribution in [0.1, 0.15) is 60.3 Å². The molecule has 0 aromatic carbocycles. The van der Waals surface area contributed by atoms with Gasteiger partial charge in [0.1, 0.15) is 5.60 Å². The van der Waals surface area contributed by atoms with E-state index in [1.54, 1.807) is 4.90 Å². The Bertz CT molecular complexity index is 413. The molecule has 3 N–H and O–H groups in total. The van der Waals surface area contributed by atoms with Crippen molar-refractivity contribution in [2.24, 2.45) is 16.1 Å².